The fourth-order valence-electron chi connectivity index (χ4n) is 2.03. The maximum absolute atomic E-state index is 13.3. The Labute approximate surface area is 156 Å². The van der Waals surface area contributed by atoms with Crippen molar-refractivity contribution in [3.05, 3.63) is 62.3 Å². The second kappa shape index (κ2) is 9.32. The average Bonchev–Trinajstić information content (AvgIpc) is 2.66. The van der Waals surface area contributed by atoms with E-state index in [1.165, 1.54) is 7.11 Å². The third-order valence-corrected chi connectivity index (χ3v) is 3.34. The van der Waals surface area contributed by atoms with Crippen LogP contribution in [0.25, 0.3) is 0 Å². The molecule has 1 heterocycles. The van der Waals surface area contributed by atoms with Crippen LogP contribution in [0.15, 0.2) is 35.1 Å². The lowest BCUT2D eigenvalue weighted by Gasteiger charge is -2.08. The maximum atomic E-state index is 13.3. The number of carbonyl (C=O) groups is 2. The number of nitro groups is 1. The molecule has 0 saturated carbocycles. The summed E-state index contributed by atoms with van der Waals surface area (Å²) in [6, 6.07) is 5.05. The smallest absolute Gasteiger partial charge is 0.359 e. The predicted octanol–water partition coefficient (Wildman–Crippen LogP) is 0.732. The van der Waals surface area contributed by atoms with Gasteiger partial charge in [-0.1, -0.05) is 0 Å². The molecule has 1 amide bonds. The van der Waals surface area contributed by atoms with Crippen molar-refractivity contribution in [2.75, 3.05) is 25.6 Å². The molecule has 1 aromatic heterocycles. The summed E-state index contributed by atoms with van der Waals surface area (Å²) in [5.41, 5.74) is -1.48. The monoisotopic (exact) mass is 394 g/mol. The first-order chi connectivity index (χ1) is 13.3. The molecule has 1 aromatic carbocycles. The highest BCUT2D eigenvalue weighted by Crippen LogP contribution is 2.21. The van der Waals surface area contributed by atoms with Crippen LogP contribution in [-0.2, 0) is 20.8 Å². The first-order valence-electron chi connectivity index (χ1n) is 7.80. The van der Waals surface area contributed by atoms with Crippen molar-refractivity contribution in [1.29, 1.82) is 0 Å². The highest BCUT2D eigenvalue weighted by atomic mass is 19.1. The van der Waals surface area contributed by atoms with Crippen LogP contribution in [-0.4, -0.2) is 46.9 Å². The lowest BCUT2D eigenvalue weighted by molar-refractivity contribution is -0.387. The molecule has 1 N–H and O–H groups in total. The minimum absolute atomic E-state index is 0.0413. The highest BCUT2D eigenvalue weighted by Gasteiger charge is 2.17. The number of amides is 1. The number of benzene rings is 1. The van der Waals surface area contributed by atoms with E-state index >= 15 is 0 Å². The number of hydrogen-bond acceptors (Lipinski definition) is 8. The number of rotatable bonds is 8. The number of hydrogen-bond donors (Lipinski definition) is 1. The standard InChI is InChI=1S/C16H15FN4O7/c1-27-7-6-20-15(23)5-4-12(19-20)16(24)28-9-14(22)18-10-2-3-11(17)13(8-10)21(25)26/h2-5,8H,6-7,9H2,1H3,(H,18,22). The first-order valence-corrected chi connectivity index (χ1v) is 7.80. The molecular weight excluding hydrogens is 379 g/mol. The van der Waals surface area contributed by atoms with Gasteiger partial charge in [-0.25, -0.2) is 9.48 Å². The molecular formula is C16H15FN4O7. The van der Waals surface area contributed by atoms with E-state index in [1.54, 1.807) is 0 Å². The topological polar surface area (TPSA) is 143 Å². The number of nitrogens with one attached hydrogen (secondary N) is 1. The predicted molar refractivity (Wildman–Crippen MR) is 92.3 cm³/mol. The van der Waals surface area contributed by atoms with E-state index in [2.05, 4.69) is 10.4 Å². The summed E-state index contributed by atoms with van der Waals surface area (Å²) in [6.45, 7) is -0.388. The van der Waals surface area contributed by atoms with Gasteiger partial charge in [0.2, 0.25) is 5.82 Å². The summed E-state index contributed by atoms with van der Waals surface area (Å²) >= 11 is 0. The zero-order valence-electron chi connectivity index (χ0n) is 14.6. The van der Waals surface area contributed by atoms with Gasteiger partial charge in [0.25, 0.3) is 11.5 Å². The summed E-state index contributed by atoms with van der Waals surface area (Å²) in [7, 11) is 1.44. The van der Waals surface area contributed by atoms with Gasteiger partial charge in [0.05, 0.1) is 18.1 Å². The fraction of sp³-hybridized carbons (Fsp3) is 0.250. The van der Waals surface area contributed by atoms with Gasteiger partial charge in [-0.05, 0) is 18.2 Å². The van der Waals surface area contributed by atoms with E-state index in [0.717, 1.165) is 35.0 Å². The third kappa shape index (κ3) is 5.41. The average molecular weight is 394 g/mol. The quantitative estimate of drug-likeness (QED) is 0.392. The lowest BCUT2D eigenvalue weighted by atomic mass is 10.2. The number of halogens is 1. The molecule has 11 nitrogen and oxygen atoms in total. The minimum atomic E-state index is -1.05. The van der Waals surface area contributed by atoms with Crippen molar-refractivity contribution in [2.24, 2.45) is 0 Å². The van der Waals surface area contributed by atoms with Crippen molar-refractivity contribution < 1.29 is 28.4 Å². The van der Waals surface area contributed by atoms with Crippen LogP contribution in [0.4, 0.5) is 15.8 Å². The van der Waals surface area contributed by atoms with Crippen molar-refractivity contribution in [3.8, 4) is 0 Å². The van der Waals surface area contributed by atoms with Crippen molar-refractivity contribution in [1.82, 2.24) is 9.78 Å². The molecule has 0 aliphatic heterocycles. The van der Waals surface area contributed by atoms with E-state index < -0.39 is 40.5 Å². The number of esters is 1. The first kappa shape index (κ1) is 20.6. The number of ether oxygens (including phenoxy) is 2. The molecule has 0 unspecified atom stereocenters. The molecule has 28 heavy (non-hydrogen) atoms. The summed E-state index contributed by atoms with van der Waals surface area (Å²) in [6.07, 6.45) is 0. The Morgan fingerprint density at radius 2 is 2.07 bits per heavy atom. The minimum Gasteiger partial charge on any atom is -0.451 e. The molecule has 0 aliphatic carbocycles. The Kier molecular flexibility index (Phi) is 6.87. The van der Waals surface area contributed by atoms with Gasteiger partial charge >= 0.3 is 11.7 Å². The van der Waals surface area contributed by atoms with E-state index in [0.29, 0.717) is 0 Å². The van der Waals surface area contributed by atoms with Gasteiger partial charge in [0.15, 0.2) is 12.3 Å². The molecule has 2 rings (SSSR count). The number of carbonyl (C=O) groups excluding carboxylic acids is 2. The van der Waals surface area contributed by atoms with Crippen molar-refractivity contribution >= 4 is 23.3 Å². The van der Waals surface area contributed by atoms with Crippen molar-refractivity contribution in [3.63, 3.8) is 0 Å². The molecule has 0 spiro atoms. The second-order valence-electron chi connectivity index (χ2n) is 5.32. The Bertz CT molecular complexity index is 960. The van der Waals surface area contributed by atoms with Gasteiger partial charge in [-0.3, -0.25) is 19.7 Å². The SMILES string of the molecule is COCCn1nc(C(=O)OCC(=O)Nc2ccc(F)c([N+](=O)[O-])c2)ccc1=O. The van der Waals surface area contributed by atoms with Gasteiger partial charge in [0, 0.05) is 24.9 Å². The largest absolute Gasteiger partial charge is 0.451 e. The molecule has 0 saturated heterocycles. The molecule has 0 atom stereocenters. The number of nitro benzene ring substituents is 1. The zero-order valence-corrected chi connectivity index (χ0v) is 14.6. The van der Waals surface area contributed by atoms with Crippen LogP contribution in [0, 0.1) is 15.9 Å². The molecule has 2 aromatic rings. The van der Waals surface area contributed by atoms with Crippen molar-refractivity contribution in [2.45, 2.75) is 6.54 Å². The van der Waals surface area contributed by atoms with Crippen LogP contribution in [0.3, 0.4) is 0 Å². The highest BCUT2D eigenvalue weighted by molar-refractivity contribution is 5.94. The van der Waals surface area contributed by atoms with E-state index in [4.69, 9.17) is 9.47 Å². The molecule has 148 valence electrons. The number of anilines is 1. The van der Waals surface area contributed by atoms with Crippen LogP contribution >= 0.6 is 0 Å². The Hall–Kier alpha value is -3.67. The van der Waals surface area contributed by atoms with Gasteiger partial charge in [0.1, 0.15) is 0 Å². The van der Waals surface area contributed by atoms with Crippen LogP contribution in [0.1, 0.15) is 10.5 Å². The molecule has 12 heteroatoms. The third-order valence-electron chi connectivity index (χ3n) is 3.34. The summed E-state index contributed by atoms with van der Waals surface area (Å²) < 4.78 is 23.9. The molecule has 0 aliphatic rings. The fourth-order valence-corrected chi connectivity index (χ4v) is 2.03. The van der Waals surface area contributed by atoms with Crippen LogP contribution in [0.5, 0.6) is 0 Å². The molecule has 0 radical (unpaired) electrons. The van der Waals surface area contributed by atoms with Crippen LogP contribution < -0.4 is 10.9 Å². The number of methoxy groups -OCH3 is 1. The van der Waals surface area contributed by atoms with Gasteiger partial charge < -0.3 is 14.8 Å². The maximum Gasteiger partial charge on any atom is 0.359 e. The second-order valence-corrected chi connectivity index (χ2v) is 5.32. The molecule has 0 bridgehead atoms. The lowest BCUT2D eigenvalue weighted by Crippen LogP contribution is -2.27. The van der Waals surface area contributed by atoms with Gasteiger partial charge in [-0.2, -0.15) is 9.49 Å². The Morgan fingerprint density at radius 3 is 2.75 bits per heavy atom. The summed E-state index contributed by atoms with van der Waals surface area (Å²) in [5, 5.41) is 16.7. The summed E-state index contributed by atoms with van der Waals surface area (Å²) in [4.78, 5) is 45.2. The number of aromatic nitrogens is 2. The molecule has 0 fully saturated rings. The van der Waals surface area contributed by atoms with E-state index in [1.807, 2.05) is 0 Å². The number of nitrogens with zero attached hydrogens (tertiary/aromatic N) is 3. The Morgan fingerprint density at radius 1 is 1.32 bits per heavy atom. The van der Waals surface area contributed by atoms with Crippen LogP contribution in [0.2, 0.25) is 0 Å². The van der Waals surface area contributed by atoms with Gasteiger partial charge in [-0.15, -0.1) is 0 Å². The summed E-state index contributed by atoms with van der Waals surface area (Å²) in [5.74, 6) is -2.81. The zero-order chi connectivity index (χ0) is 20.7. The normalized spacial score (nSPS) is 10.4. The van der Waals surface area contributed by atoms with E-state index in [9.17, 15) is 28.9 Å². The Balaban J connectivity index is 1.97. The van der Waals surface area contributed by atoms with E-state index in [-0.39, 0.29) is 24.5 Å².